The molecule has 1 heterocycles. The molecule has 0 radical (unpaired) electrons. The van der Waals surface area contributed by atoms with E-state index in [2.05, 4.69) is 42.6 Å². The summed E-state index contributed by atoms with van der Waals surface area (Å²) in [6.45, 7) is 12.5. The fourth-order valence-electron chi connectivity index (χ4n) is 2.67. The Kier molecular flexibility index (Phi) is 6.57. The largest absolute Gasteiger partial charge is 0.324 e. The van der Waals surface area contributed by atoms with E-state index in [1.165, 1.54) is 39.1 Å². The van der Waals surface area contributed by atoms with Gasteiger partial charge in [-0.15, -0.1) is 0 Å². The van der Waals surface area contributed by atoms with Crippen molar-refractivity contribution in [2.75, 3.05) is 59.9 Å². The summed E-state index contributed by atoms with van der Waals surface area (Å²) in [5, 5.41) is 0. The quantitative estimate of drug-likeness (QED) is 0.727. The summed E-state index contributed by atoms with van der Waals surface area (Å²) in [7, 11) is 4.28. The van der Waals surface area contributed by atoms with Crippen molar-refractivity contribution >= 4 is 0 Å². The maximum Gasteiger partial charge on any atom is 0.0254 e. The topological polar surface area (TPSA) is 35.7 Å². The normalized spacial score (nSPS) is 22.3. The maximum atomic E-state index is 6.33. The summed E-state index contributed by atoms with van der Waals surface area (Å²) < 4.78 is 0. The molecule has 1 unspecified atom stereocenters. The summed E-state index contributed by atoms with van der Waals surface area (Å²) in [6, 6.07) is 0. The zero-order valence-corrected chi connectivity index (χ0v) is 12.8. The molecule has 0 aromatic rings. The maximum absolute atomic E-state index is 6.33. The van der Waals surface area contributed by atoms with Crippen LogP contribution in [0.4, 0.5) is 0 Å². The molecule has 0 aromatic heterocycles. The van der Waals surface area contributed by atoms with Crippen LogP contribution in [0.3, 0.4) is 0 Å². The SMILES string of the molecule is CCCC(C)(N)CN1CCN(CCN(C)C)CC1. The predicted molar refractivity (Wildman–Crippen MR) is 78.9 cm³/mol. The van der Waals surface area contributed by atoms with Gasteiger partial charge in [0, 0.05) is 51.4 Å². The van der Waals surface area contributed by atoms with E-state index in [1.807, 2.05) is 0 Å². The van der Waals surface area contributed by atoms with Crippen LogP contribution in [-0.2, 0) is 0 Å². The first-order valence-electron chi connectivity index (χ1n) is 7.31. The first kappa shape index (κ1) is 15.9. The Morgan fingerprint density at radius 3 is 2.17 bits per heavy atom. The fourth-order valence-corrected chi connectivity index (χ4v) is 2.67. The standard InChI is InChI=1S/C14H32N4/c1-5-6-14(2,15)13-18-11-9-17(10-12-18)8-7-16(3)4/h5-13,15H2,1-4H3. The van der Waals surface area contributed by atoms with E-state index in [4.69, 9.17) is 5.73 Å². The Bertz CT molecular complexity index is 220. The van der Waals surface area contributed by atoms with Crippen molar-refractivity contribution in [3.05, 3.63) is 0 Å². The van der Waals surface area contributed by atoms with Gasteiger partial charge >= 0.3 is 0 Å². The number of likely N-dealkylation sites (N-methyl/N-ethyl adjacent to an activating group) is 1. The number of nitrogens with zero attached hydrogens (tertiary/aromatic N) is 3. The van der Waals surface area contributed by atoms with Crippen LogP contribution in [0.2, 0.25) is 0 Å². The van der Waals surface area contributed by atoms with Gasteiger partial charge in [0.05, 0.1) is 0 Å². The Labute approximate surface area is 113 Å². The molecule has 0 aliphatic carbocycles. The fraction of sp³-hybridized carbons (Fsp3) is 1.00. The zero-order chi connectivity index (χ0) is 13.6. The molecular formula is C14H32N4. The number of piperazine rings is 1. The van der Waals surface area contributed by atoms with E-state index in [-0.39, 0.29) is 5.54 Å². The van der Waals surface area contributed by atoms with Crippen LogP contribution in [0.1, 0.15) is 26.7 Å². The summed E-state index contributed by atoms with van der Waals surface area (Å²) in [4.78, 5) is 7.34. The van der Waals surface area contributed by atoms with Crippen LogP contribution < -0.4 is 5.73 Å². The van der Waals surface area contributed by atoms with Crippen molar-refractivity contribution in [1.29, 1.82) is 0 Å². The van der Waals surface area contributed by atoms with Gasteiger partial charge in [-0.3, -0.25) is 9.80 Å². The molecule has 1 rings (SSSR count). The van der Waals surface area contributed by atoms with E-state index in [9.17, 15) is 0 Å². The minimum atomic E-state index is -0.0133. The van der Waals surface area contributed by atoms with Crippen molar-refractivity contribution in [2.24, 2.45) is 5.73 Å². The van der Waals surface area contributed by atoms with Crippen LogP contribution >= 0.6 is 0 Å². The van der Waals surface area contributed by atoms with E-state index >= 15 is 0 Å². The van der Waals surface area contributed by atoms with Crippen molar-refractivity contribution in [3.8, 4) is 0 Å². The first-order valence-corrected chi connectivity index (χ1v) is 7.31. The molecule has 4 heteroatoms. The summed E-state index contributed by atoms with van der Waals surface area (Å²) in [5.41, 5.74) is 6.32. The number of hydrogen-bond donors (Lipinski definition) is 1. The Morgan fingerprint density at radius 1 is 1.11 bits per heavy atom. The van der Waals surface area contributed by atoms with E-state index < -0.39 is 0 Å². The van der Waals surface area contributed by atoms with Gasteiger partial charge in [0.1, 0.15) is 0 Å². The minimum Gasteiger partial charge on any atom is -0.324 e. The van der Waals surface area contributed by atoms with Crippen LogP contribution in [0, 0.1) is 0 Å². The van der Waals surface area contributed by atoms with Gasteiger partial charge in [0.25, 0.3) is 0 Å². The summed E-state index contributed by atoms with van der Waals surface area (Å²) in [6.07, 6.45) is 2.30. The van der Waals surface area contributed by atoms with Crippen molar-refractivity contribution in [3.63, 3.8) is 0 Å². The third-order valence-electron chi connectivity index (χ3n) is 3.73. The molecule has 0 saturated carbocycles. The zero-order valence-electron chi connectivity index (χ0n) is 12.8. The van der Waals surface area contributed by atoms with E-state index in [0.717, 1.165) is 19.5 Å². The Balaban J connectivity index is 2.22. The molecule has 1 aliphatic rings. The second-order valence-corrected chi connectivity index (χ2v) is 6.33. The third-order valence-corrected chi connectivity index (χ3v) is 3.73. The third kappa shape index (κ3) is 6.14. The second kappa shape index (κ2) is 7.43. The molecule has 1 fully saturated rings. The highest BCUT2D eigenvalue weighted by molar-refractivity contribution is 4.84. The molecule has 108 valence electrons. The molecule has 2 N–H and O–H groups in total. The number of hydrogen-bond acceptors (Lipinski definition) is 4. The van der Waals surface area contributed by atoms with Gasteiger partial charge in [-0.2, -0.15) is 0 Å². The van der Waals surface area contributed by atoms with Crippen molar-refractivity contribution in [2.45, 2.75) is 32.2 Å². The Hall–Kier alpha value is -0.160. The lowest BCUT2D eigenvalue weighted by Crippen LogP contribution is -2.54. The smallest absolute Gasteiger partial charge is 0.0254 e. The van der Waals surface area contributed by atoms with E-state index in [1.54, 1.807) is 0 Å². The lowest BCUT2D eigenvalue weighted by atomic mass is 9.96. The van der Waals surface area contributed by atoms with E-state index in [0.29, 0.717) is 0 Å². The lowest BCUT2D eigenvalue weighted by Gasteiger charge is -2.39. The minimum absolute atomic E-state index is 0.0133. The highest BCUT2D eigenvalue weighted by Gasteiger charge is 2.24. The van der Waals surface area contributed by atoms with Crippen LogP contribution in [-0.4, -0.2) is 80.1 Å². The second-order valence-electron chi connectivity index (χ2n) is 6.33. The van der Waals surface area contributed by atoms with Gasteiger partial charge in [0.2, 0.25) is 0 Å². The molecule has 0 bridgehead atoms. The van der Waals surface area contributed by atoms with Crippen LogP contribution in [0.15, 0.2) is 0 Å². The van der Waals surface area contributed by atoms with Gasteiger partial charge in [-0.25, -0.2) is 0 Å². The average molecular weight is 256 g/mol. The highest BCUT2D eigenvalue weighted by Crippen LogP contribution is 2.12. The monoisotopic (exact) mass is 256 g/mol. The number of rotatable bonds is 7. The average Bonchev–Trinajstić information content (AvgIpc) is 2.27. The molecule has 0 aromatic carbocycles. The first-order chi connectivity index (χ1) is 8.43. The summed E-state index contributed by atoms with van der Waals surface area (Å²) in [5.74, 6) is 0. The molecule has 18 heavy (non-hydrogen) atoms. The lowest BCUT2D eigenvalue weighted by molar-refractivity contribution is 0.106. The van der Waals surface area contributed by atoms with Gasteiger partial charge in [-0.05, 0) is 27.4 Å². The molecule has 0 amide bonds. The molecule has 1 aliphatic heterocycles. The van der Waals surface area contributed by atoms with Crippen LogP contribution in [0.25, 0.3) is 0 Å². The number of nitrogens with two attached hydrogens (primary N) is 1. The van der Waals surface area contributed by atoms with Gasteiger partial charge in [-0.1, -0.05) is 13.3 Å². The van der Waals surface area contributed by atoms with Gasteiger partial charge in [0.15, 0.2) is 0 Å². The molecule has 4 nitrogen and oxygen atoms in total. The Morgan fingerprint density at radius 2 is 1.67 bits per heavy atom. The van der Waals surface area contributed by atoms with Gasteiger partial charge < -0.3 is 10.6 Å². The highest BCUT2D eigenvalue weighted by atomic mass is 15.3. The van der Waals surface area contributed by atoms with Crippen molar-refractivity contribution < 1.29 is 0 Å². The molecule has 0 spiro atoms. The van der Waals surface area contributed by atoms with Crippen LogP contribution in [0.5, 0.6) is 0 Å². The molecular weight excluding hydrogens is 224 g/mol. The summed E-state index contributed by atoms with van der Waals surface area (Å²) >= 11 is 0. The predicted octanol–water partition coefficient (Wildman–Crippen LogP) is 0.683. The molecule has 1 saturated heterocycles. The molecule has 1 atom stereocenters. The van der Waals surface area contributed by atoms with Crippen molar-refractivity contribution in [1.82, 2.24) is 14.7 Å².